The second-order valence-corrected chi connectivity index (χ2v) is 5.40. The van der Waals surface area contributed by atoms with Crippen molar-refractivity contribution in [1.82, 2.24) is 20.1 Å². The summed E-state index contributed by atoms with van der Waals surface area (Å²) >= 11 is 0. The van der Waals surface area contributed by atoms with Crippen LogP contribution in [0.15, 0.2) is 0 Å². The van der Waals surface area contributed by atoms with Gasteiger partial charge in [0.1, 0.15) is 11.6 Å². The van der Waals surface area contributed by atoms with Gasteiger partial charge >= 0.3 is 0 Å². The summed E-state index contributed by atoms with van der Waals surface area (Å²) in [5.41, 5.74) is 0. The highest BCUT2D eigenvalue weighted by Gasteiger charge is 2.33. The summed E-state index contributed by atoms with van der Waals surface area (Å²) < 4.78 is 2.13. The normalized spacial score (nSPS) is 33.2. The molecule has 4 heteroatoms. The van der Waals surface area contributed by atoms with Gasteiger partial charge in [-0.2, -0.15) is 0 Å². The first-order valence-corrected chi connectivity index (χ1v) is 6.33. The first kappa shape index (κ1) is 10.3. The Morgan fingerprint density at radius 1 is 1.25 bits per heavy atom. The van der Waals surface area contributed by atoms with E-state index in [1.807, 2.05) is 6.92 Å². The van der Waals surface area contributed by atoms with Gasteiger partial charge in [-0.15, -0.1) is 10.2 Å². The minimum atomic E-state index is 0.776. The number of aromatic nitrogens is 3. The average Bonchev–Trinajstić information content (AvgIpc) is 2.76. The second kappa shape index (κ2) is 3.84. The van der Waals surface area contributed by atoms with Gasteiger partial charge in [0.2, 0.25) is 0 Å². The molecule has 3 rings (SSSR count). The van der Waals surface area contributed by atoms with Crippen LogP contribution in [0.2, 0.25) is 0 Å². The average molecular weight is 220 g/mol. The maximum atomic E-state index is 4.27. The lowest BCUT2D eigenvalue weighted by Gasteiger charge is -2.28. The van der Waals surface area contributed by atoms with Gasteiger partial charge in [-0.1, -0.05) is 0 Å². The van der Waals surface area contributed by atoms with E-state index in [0.29, 0.717) is 0 Å². The third-order valence-corrected chi connectivity index (χ3v) is 4.22. The fourth-order valence-corrected chi connectivity index (χ4v) is 3.23. The molecule has 3 heterocycles. The molecule has 1 aromatic heterocycles. The quantitative estimate of drug-likeness (QED) is 0.814. The van der Waals surface area contributed by atoms with Gasteiger partial charge in [0, 0.05) is 25.6 Å². The molecule has 2 aliphatic rings. The fourth-order valence-electron chi connectivity index (χ4n) is 3.23. The Hall–Kier alpha value is -0.900. The number of nitrogens with one attached hydrogen (secondary N) is 1. The van der Waals surface area contributed by atoms with E-state index in [2.05, 4.69) is 27.1 Å². The maximum Gasteiger partial charge on any atom is 0.133 e. The van der Waals surface area contributed by atoms with Crippen LogP contribution in [-0.2, 0) is 13.5 Å². The molecular formula is C12H20N4. The van der Waals surface area contributed by atoms with Crippen LogP contribution in [0, 0.1) is 12.8 Å². The molecule has 1 N–H and O–H groups in total. The SMILES string of the molecule is Cc1nnc(CC2CC3CCC(C2)N3)n1C. The van der Waals surface area contributed by atoms with E-state index in [-0.39, 0.29) is 0 Å². The van der Waals surface area contributed by atoms with E-state index in [1.54, 1.807) is 0 Å². The lowest BCUT2D eigenvalue weighted by molar-refractivity contribution is 0.293. The van der Waals surface area contributed by atoms with Crippen LogP contribution in [0.1, 0.15) is 37.3 Å². The zero-order valence-electron chi connectivity index (χ0n) is 10.1. The highest BCUT2D eigenvalue weighted by molar-refractivity contribution is 4.98. The van der Waals surface area contributed by atoms with Gasteiger partial charge in [0.25, 0.3) is 0 Å². The fraction of sp³-hybridized carbons (Fsp3) is 0.833. The largest absolute Gasteiger partial charge is 0.318 e. The zero-order valence-corrected chi connectivity index (χ0v) is 10.1. The Labute approximate surface area is 96.4 Å². The molecule has 0 saturated carbocycles. The first-order valence-electron chi connectivity index (χ1n) is 6.33. The van der Waals surface area contributed by atoms with Crippen molar-refractivity contribution in [3.63, 3.8) is 0 Å². The smallest absolute Gasteiger partial charge is 0.133 e. The van der Waals surface area contributed by atoms with Crippen molar-refractivity contribution in [3.8, 4) is 0 Å². The summed E-state index contributed by atoms with van der Waals surface area (Å²) in [6.45, 7) is 2.02. The minimum Gasteiger partial charge on any atom is -0.318 e. The van der Waals surface area contributed by atoms with Gasteiger partial charge in [-0.05, 0) is 38.5 Å². The number of rotatable bonds is 2. The topological polar surface area (TPSA) is 42.7 Å². The van der Waals surface area contributed by atoms with Crippen molar-refractivity contribution in [3.05, 3.63) is 11.6 Å². The molecule has 16 heavy (non-hydrogen) atoms. The van der Waals surface area contributed by atoms with Crippen LogP contribution in [0.4, 0.5) is 0 Å². The Morgan fingerprint density at radius 3 is 2.50 bits per heavy atom. The van der Waals surface area contributed by atoms with Crippen molar-refractivity contribution in [2.75, 3.05) is 0 Å². The molecule has 2 atom stereocenters. The summed E-state index contributed by atoms with van der Waals surface area (Å²) in [6.07, 6.45) is 6.49. The molecule has 1 aromatic rings. The molecule has 4 nitrogen and oxygen atoms in total. The highest BCUT2D eigenvalue weighted by atomic mass is 15.3. The summed E-state index contributed by atoms with van der Waals surface area (Å²) in [4.78, 5) is 0. The van der Waals surface area contributed by atoms with Crippen molar-refractivity contribution in [2.24, 2.45) is 13.0 Å². The Balaban J connectivity index is 1.69. The molecule has 88 valence electrons. The molecule has 0 aliphatic carbocycles. The van der Waals surface area contributed by atoms with E-state index in [1.165, 1.54) is 25.7 Å². The predicted molar refractivity (Wildman–Crippen MR) is 62.1 cm³/mol. The van der Waals surface area contributed by atoms with E-state index in [9.17, 15) is 0 Å². The highest BCUT2D eigenvalue weighted by Crippen LogP contribution is 2.32. The Kier molecular flexibility index (Phi) is 2.46. The number of piperidine rings is 1. The molecule has 0 aromatic carbocycles. The van der Waals surface area contributed by atoms with Crippen molar-refractivity contribution in [2.45, 2.75) is 51.1 Å². The summed E-state index contributed by atoms with van der Waals surface area (Å²) in [5, 5.41) is 12.1. The van der Waals surface area contributed by atoms with Gasteiger partial charge in [0.05, 0.1) is 0 Å². The van der Waals surface area contributed by atoms with E-state index >= 15 is 0 Å². The monoisotopic (exact) mass is 220 g/mol. The van der Waals surface area contributed by atoms with E-state index in [4.69, 9.17) is 0 Å². The van der Waals surface area contributed by atoms with Crippen molar-refractivity contribution >= 4 is 0 Å². The lowest BCUT2D eigenvalue weighted by Crippen LogP contribution is -2.38. The number of hydrogen-bond donors (Lipinski definition) is 1. The Bertz CT molecular complexity index is 372. The predicted octanol–water partition coefficient (Wildman–Crippen LogP) is 1.20. The molecule has 0 radical (unpaired) electrons. The molecule has 2 bridgehead atoms. The molecule has 2 unspecified atom stereocenters. The standard InChI is InChI=1S/C12H20N4/c1-8-14-15-12(16(8)2)7-9-5-10-3-4-11(6-9)13-10/h9-11,13H,3-7H2,1-2H3. The van der Waals surface area contributed by atoms with Crippen LogP contribution in [0.5, 0.6) is 0 Å². The molecule has 0 spiro atoms. The lowest BCUT2D eigenvalue weighted by atomic mass is 9.89. The minimum absolute atomic E-state index is 0.776. The molecule has 2 saturated heterocycles. The van der Waals surface area contributed by atoms with Crippen molar-refractivity contribution < 1.29 is 0 Å². The first-order chi connectivity index (χ1) is 7.72. The maximum absolute atomic E-state index is 4.27. The second-order valence-electron chi connectivity index (χ2n) is 5.40. The van der Waals surface area contributed by atoms with E-state index < -0.39 is 0 Å². The van der Waals surface area contributed by atoms with Crippen LogP contribution < -0.4 is 5.32 Å². The molecule has 2 aliphatic heterocycles. The third kappa shape index (κ3) is 1.75. The van der Waals surface area contributed by atoms with Crippen LogP contribution in [0.3, 0.4) is 0 Å². The number of hydrogen-bond acceptors (Lipinski definition) is 3. The van der Waals surface area contributed by atoms with E-state index in [0.717, 1.165) is 36.1 Å². The Morgan fingerprint density at radius 2 is 1.94 bits per heavy atom. The molecular weight excluding hydrogens is 200 g/mol. The van der Waals surface area contributed by atoms with Gasteiger partial charge < -0.3 is 9.88 Å². The van der Waals surface area contributed by atoms with Gasteiger partial charge in [-0.25, -0.2) is 0 Å². The molecule has 2 fully saturated rings. The van der Waals surface area contributed by atoms with Gasteiger partial charge in [-0.3, -0.25) is 0 Å². The van der Waals surface area contributed by atoms with Crippen LogP contribution >= 0.6 is 0 Å². The summed E-state index contributed by atoms with van der Waals surface area (Å²) in [5.74, 6) is 2.98. The molecule has 0 amide bonds. The summed E-state index contributed by atoms with van der Waals surface area (Å²) in [7, 11) is 2.07. The number of aryl methyl sites for hydroxylation is 1. The van der Waals surface area contributed by atoms with Crippen LogP contribution in [-0.4, -0.2) is 26.8 Å². The zero-order chi connectivity index (χ0) is 11.1. The third-order valence-electron chi connectivity index (χ3n) is 4.22. The number of nitrogens with zero attached hydrogens (tertiary/aromatic N) is 3. The van der Waals surface area contributed by atoms with Crippen LogP contribution in [0.25, 0.3) is 0 Å². The van der Waals surface area contributed by atoms with Gasteiger partial charge in [0.15, 0.2) is 0 Å². The van der Waals surface area contributed by atoms with Crippen molar-refractivity contribution in [1.29, 1.82) is 0 Å². The number of fused-ring (bicyclic) bond motifs is 2. The summed E-state index contributed by atoms with van der Waals surface area (Å²) in [6, 6.07) is 1.55.